The Morgan fingerprint density at radius 3 is 2.67 bits per heavy atom. The summed E-state index contributed by atoms with van der Waals surface area (Å²) in [5, 5.41) is 16.2. The van der Waals surface area contributed by atoms with Crippen molar-refractivity contribution in [3.05, 3.63) is 89.5 Å². The first-order valence-corrected chi connectivity index (χ1v) is 15.4. The molecule has 0 aliphatic carbocycles. The number of nitrogens with one attached hydrogen (secondary N) is 1. The summed E-state index contributed by atoms with van der Waals surface area (Å²) in [6.07, 6.45) is 7.58. The average molecular weight is 591 g/mol. The van der Waals surface area contributed by atoms with Crippen molar-refractivity contribution in [2.75, 3.05) is 13.2 Å². The molecule has 8 nitrogen and oxygen atoms in total. The molecule has 0 bridgehead atoms. The molecule has 0 saturated carbocycles. The average Bonchev–Trinajstić information content (AvgIpc) is 3.71. The van der Waals surface area contributed by atoms with E-state index in [9.17, 15) is 14.7 Å². The number of aliphatic hydroxyl groups is 1. The normalized spacial score (nSPS) is 18.9. The van der Waals surface area contributed by atoms with Gasteiger partial charge in [-0.05, 0) is 50.3 Å². The van der Waals surface area contributed by atoms with Crippen LogP contribution in [0.1, 0.15) is 44.7 Å². The molecule has 2 amide bonds. The number of ether oxygens (including phenoxy) is 1. The van der Waals surface area contributed by atoms with Crippen LogP contribution >= 0.6 is 11.3 Å². The number of amides is 2. The number of aromatic nitrogens is 1. The van der Waals surface area contributed by atoms with E-state index in [0.29, 0.717) is 19.6 Å². The van der Waals surface area contributed by atoms with Crippen LogP contribution < -0.4 is 11.1 Å². The summed E-state index contributed by atoms with van der Waals surface area (Å²) in [4.78, 5) is 32.7. The smallest absolute Gasteiger partial charge is 0.248 e. The molecular weight excluding hydrogens is 548 g/mol. The van der Waals surface area contributed by atoms with Gasteiger partial charge < -0.3 is 25.8 Å². The van der Waals surface area contributed by atoms with Crippen molar-refractivity contribution in [3.8, 4) is 10.6 Å². The SMILES string of the molecule is CC(OCc1ccccc1)[C@H](NC(=O)[C@H](C)N)C(=O)N1CCC[C@H]1C=C[C@](C)(CO)Cc1cccc(-c2nccs2)c1. The molecule has 3 aromatic rings. The summed E-state index contributed by atoms with van der Waals surface area (Å²) in [5.74, 6) is -0.596. The van der Waals surface area contributed by atoms with E-state index in [1.807, 2.05) is 71.8 Å². The molecule has 1 fully saturated rings. The second kappa shape index (κ2) is 14.7. The van der Waals surface area contributed by atoms with E-state index in [1.54, 1.807) is 31.4 Å². The van der Waals surface area contributed by atoms with Gasteiger partial charge in [0.15, 0.2) is 0 Å². The van der Waals surface area contributed by atoms with Crippen molar-refractivity contribution in [1.29, 1.82) is 0 Å². The van der Waals surface area contributed by atoms with E-state index >= 15 is 0 Å². The molecule has 0 radical (unpaired) electrons. The number of nitrogens with zero attached hydrogens (tertiary/aromatic N) is 2. The highest BCUT2D eigenvalue weighted by molar-refractivity contribution is 7.13. The molecule has 0 spiro atoms. The van der Waals surface area contributed by atoms with Crippen LogP contribution in [0, 0.1) is 5.41 Å². The maximum atomic E-state index is 13.9. The van der Waals surface area contributed by atoms with Crippen molar-refractivity contribution in [1.82, 2.24) is 15.2 Å². The van der Waals surface area contributed by atoms with Crippen LogP contribution in [-0.4, -0.2) is 64.2 Å². The molecule has 2 aromatic carbocycles. The molecule has 4 N–H and O–H groups in total. The molecule has 1 aliphatic rings. The summed E-state index contributed by atoms with van der Waals surface area (Å²) in [7, 11) is 0. The fourth-order valence-electron chi connectivity index (χ4n) is 5.17. The Labute approximate surface area is 252 Å². The van der Waals surface area contributed by atoms with Crippen LogP contribution in [0.5, 0.6) is 0 Å². The van der Waals surface area contributed by atoms with Gasteiger partial charge in [0.25, 0.3) is 0 Å². The third-order valence-electron chi connectivity index (χ3n) is 7.68. The van der Waals surface area contributed by atoms with Crippen LogP contribution in [-0.2, 0) is 27.4 Å². The third kappa shape index (κ3) is 8.35. The van der Waals surface area contributed by atoms with E-state index < -0.39 is 29.5 Å². The van der Waals surface area contributed by atoms with Crippen molar-refractivity contribution < 1.29 is 19.4 Å². The minimum Gasteiger partial charge on any atom is -0.395 e. The molecule has 42 heavy (non-hydrogen) atoms. The standard InChI is InChI=1S/C33H42N4O4S/c1-23(34)30(39)36-29(24(2)41-21-25-9-5-4-6-10-25)32(40)37-17-8-13-28(37)14-15-33(3,22-38)20-26-11-7-12-27(19-26)31-35-16-18-42-31/h4-7,9-12,14-16,18-19,23-24,28-29,38H,8,13,17,20-22,34H2,1-3H3,(H,36,39)/t23-,24?,28-,29-,33-/m0/s1. The van der Waals surface area contributed by atoms with Gasteiger partial charge in [-0.3, -0.25) is 9.59 Å². The highest BCUT2D eigenvalue weighted by Crippen LogP contribution is 2.30. The lowest BCUT2D eigenvalue weighted by Gasteiger charge is -2.32. The number of rotatable bonds is 13. The lowest BCUT2D eigenvalue weighted by Crippen LogP contribution is -2.57. The van der Waals surface area contributed by atoms with Crippen LogP contribution in [0.3, 0.4) is 0 Å². The van der Waals surface area contributed by atoms with Crippen molar-refractivity contribution in [3.63, 3.8) is 0 Å². The number of carbonyl (C=O) groups excluding carboxylic acids is 2. The van der Waals surface area contributed by atoms with Gasteiger partial charge in [-0.25, -0.2) is 4.98 Å². The number of benzene rings is 2. The zero-order valence-electron chi connectivity index (χ0n) is 24.6. The fourth-order valence-corrected chi connectivity index (χ4v) is 5.80. The lowest BCUT2D eigenvalue weighted by atomic mass is 9.83. The first-order chi connectivity index (χ1) is 20.2. The van der Waals surface area contributed by atoms with E-state index in [4.69, 9.17) is 10.5 Å². The molecule has 4 rings (SSSR count). The molecule has 1 saturated heterocycles. The molecule has 224 valence electrons. The molecule has 1 aromatic heterocycles. The number of carbonyl (C=O) groups is 2. The Morgan fingerprint density at radius 1 is 1.21 bits per heavy atom. The number of aliphatic hydroxyl groups excluding tert-OH is 1. The summed E-state index contributed by atoms with van der Waals surface area (Å²) < 4.78 is 6.06. The highest BCUT2D eigenvalue weighted by atomic mass is 32.1. The monoisotopic (exact) mass is 590 g/mol. The summed E-state index contributed by atoms with van der Waals surface area (Å²) in [5.41, 5.74) is 8.45. The minimum atomic E-state index is -0.876. The first kappa shape index (κ1) is 31.6. The van der Waals surface area contributed by atoms with Crippen LogP contribution in [0.15, 0.2) is 78.3 Å². The van der Waals surface area contributed by atoms with Gasteiger partial charge in [0, 0.05) is 29.1 Å². The van der Waals surface area contributed by atoms with Crippen molar-refractivity contribution in [2.24, 2.45) is 11.1 Å². The van der Waals surface area contributed by atoms with Gasteiger partial charge >= 0.3 is 0 Å². The van der Waals surface area contributed by atoms with Crippen LogP contribution in [0.2, 0.25) is 0 Å². The molecular formula is C33H42N4O4S. The second-order valence-electron chi connectivity index (χ2n) is 11.4. The molecule has 1 unspecified atom stereocenters. The van der Waals surface area contributed by atoms with Crippen LogP contribution in [0.25, 0.3) is 10.6 Å². The Hall–Kier alpha value is -3.37. The van der Waals surface area contributed by atoms with Gasteiger partial charge in [0.2, 0.25) is 11.8 Å². The Bertz CT molecular complexity index is 1330. The van der Waals surface area contributed by atoms with Gasteiger partial charge in [-0.1, -0.05) is 67.6 Å². The number of hydrogen-bond donors (Lipinski definition) is 3. The topological polar surface area (TPSA) is 118 Å². The lowest BCUT2D eigenvalue weighted by molar-refractivity contribution is -0.141. The maximum Gasteiger partial charge on any atom is 0.248 e. The fraction of sp³-hybridized carbons (Fsp3) is 0.424. The Kier molecular flexibility index (Phi) is 11.0. The van der Waals surface area contributed by atoms with Gasteiger partial charge in [0.1, 0.15) is 11.0 Å². The summed E-state index contributed by atoms with van der Waals surface area (Å²) >= 11 is 1.60. The minimum absolute atomic E-state index is 0.0386. The van der Waals surface area contributed by atoms with Gasteiger partial charge in [-0.2, -0.15) is 0 Å². The zero-order valence-corrected chi connectivity index (χ0v) is 25.4. The van der Waals surface area contributed by atoms with Gasteiger partial charge in [-0.15, -0.1) is 11.3 Å². The molecule has 2 heterocycles. The van der Waals surface area contributed by atoms with Crippen LogP contribution in [0.4, 0.5) is 0 Å². The largest absolute Gasteiger partial charge is 0.395 e. The van der Waals surface area contributed by atoms with E-state index in [-0.39, 0.29) is 18.6 Å². The zero-order chi connectivity index (χ0) is 30.1. The predicted molar refractivity (Wildman–Crippen MR) is 167 cm³/mol. The van der Waals surface area contributed by atoms with E-state index in [2.05, 4.69) is 22.4 Å². The maximum absolute atomic E-state index is 13.9. The third-order valence-corrected chi connectivity index (χ3v) is 8.50. The van der Waals surface area contributed by atoms with E-state index in [0.717, 1.165) is 34.5 Å². The van der Waals surface area contributed by atoms with E-state index in [1.165, 1.54) is 0 Å². The molecule has 9 heteroatoms. The molecule has 5 atom stereocenters. The Balaban J connectivity index is 1.47. The Morgan fingerprint density at radius 2 is 1.98 bits per heavy atom. The second-order valence-corrected chi connectivity index (χ2v) is 12.3. The highest BCUT2D eigenvalue weighted by Gasteiger charge is 2.37. The van der Waals surface area contributed by atoms with Crippen molar-refractivity contribution in [2.45, 2.75) is 70.9 Å². The van der Waals surface area contributed by atoms with Gasteiger partial charge in [0.05, 0.1) is 31.4 Å². The number of thiazole rings is 1. The first-order valence-electron chi connectivity index (χ1n) is 14.5. The number of likely N-dealkylation sites (tertiary alicyclic amines) is 1. The number of hydrogen-bond acceptors (Lipinski definition) is 7. The number of nitrogens with two attached hydrogens (primary N) is 1. The summed E-state index contributed by atoms with van der Waals surface area (Å²) in [6, 6.07) is 16.2. The summed E-state index contributed by atoms with van der Waals surface area (Å²) in [6.45, 7) is 6.28. The van der Waals surface area contributed by atoms with Crippen molar-refractivity contribution >= 4 is 23.2 Å². The predicted octanol–water partition coefficient (Wildman–Crippen LogP) is 4.34. The quantitative estimate of drug-likeness (QED) is 0.255. The molecule has 1 aliphatic heterocycles.